The fourth-order valence-electron chi connectivity index (χ4n) is 3.20. The SMILES string of the molecule is CC(C)CC[C@@]1(C(=O)O)CN(C(=O)c2ccc(Cl)cc2F)CC[C@@H]1O. The molecule has 1 amide bonds. The van der Waals surface area contributed by atoms with Crippen LogP contribution in [0.2, 0.25) is 5.02 Å². The first kappa shape index (κ1) is 19.7. The summed E-state index contributed by atoms with van der Waals surface area (Å²) in [6.45, 7) is 3.98. The van der Waals surface area contributed by atoms with E-state index in [0.29, 0.717) is 6.42 Å². The van der Waals surface area contributed by atoms with Gasteiger partial charge in [0.25, 0.3) is 5.91 Å². The van der Waals surface area contributed by atoms with E-state index < -0.39 is 29.2 Å². The summed E-state index contributed by atoms with van der Waals surface area (Å²) in [4.78, 5) is 25.9. The monoisotopic (exact) mass is 371 g/mol. The van der Waals surface area contributed by atoms with E-state index in [1.165, 1.54) is 17.0 Å². The van der Waals surface area contributed by atoms with Crippen molar-refractivity contribution < 1.29 is 24.2 Å². The second-order valence-electron chi connectivity index (χ2n) is 7.05. The van der Waals surface area contributed by atoms with Crippen LogP contribution in [0.4, 0.5) is 4.39 Å². The van der Waals surface area contributed by atoms with Gasteiger partial charge in [0.2, 0.25) is 0 Å². The van der Waals surface area contributed by atoms with Gasteiger partial charge in [0.05, 0.1) is 11.7 Å². The van der Waals surface area contributed by atoms with Crippen LogP contribution in [-0.4, -0.2) is 46.2 Å². The summed E-state index contributed by atoms with van der Waals surface area (Å²) in [5.41, 5.74) is -1.58. The molecule has 0 aromatic heterocycles. The molecule has 1 aromatic rings. The maximum atomic E-state index is 14.0. The number of likely N-dealkylation sites (tertiary alicyclic amines) is 1. The molecule has 1 heterocycles. The van der Waals surface area contributed by atoms with E-state index in [-0.39, 0.29) is 42.4 Å². The Labute approximate surface area is 151 Å². The molecular formula is C18H23ClFNO4. The third kappa shape index (κ3) is 4.12. The maximum absolute atomic E-state index is 14.0. The fraction of sp³-hybridized carbons (Fsp3) is 0.556. The normalized spacial score (nSPS) is 23.8. The summed E-state index contributed by atoms with van der Waals surface area (Å²) in [6.07, 6.45) is -0.0250. The lowest BCUT2D eigenvalue weighted by Gasteiger charge is -2.43. The maximum Gasteiger partial charge on any atom is 0.314 e. The van der Waals surface area contributed by atoms with Crippen LogP contribution in [-0.2, 0) is 4.79 Å². The topological polar surface area (TPSA) is 77.8 Å². The molecule has 1 saturated heterocycles. The van der Waals surface area contributed by atoms with Crippen molar-refractivity contribution in [2.75, 3.05) is 13.1 Å². The number of hydrogen-bond acceptors (Lipinski definition) is 3. The minimum absolute atomic E-state index is 0.142. The van der Waals surface area contributed by atoms with Crippen LogP contribution in [0, 0.1) is 17.2 Å². The molecule has 1 aliphatic rings. The van der Waals surface area contributed by atoms with Crippen molar-refractivity contribution >= 4 is 23.5 Å². The van der Waals surface area contributed by atoms with Gasteiger partial charge in [0.1, 0.15) is 11.2 Å². The number of rotatable bonds is 5. The quantitative estimate of drug-likeness (QED) is 0.833. The molecule has 2 rings (SSSR count). The number of carboxylic acids is 1. The molecule has 2 N–H and O–H groups in total. The van der Waals surface area contributed by atoms with E-state index in [1.54, 1.807) is 0 Å². The third-order valence-corrected chi connectivity index (χ3v) is 5.06. The molecule has 0 bridgehead atoms. The molecule has 0 unspecified atom stereocenters. The largest absolute Gasteiger partial charge is 0.481 e. The highest BCUT2D eigenvalue weighted by Crippen LogP contribution is 2.37. The van der Waals surface area contributed by atoms with E-state index in [4.69, 9.17) is 11.6 Å². The minimum Gasteiger partial charge on any atom is -0.481 e. The number of hydrogen-bond donors (Lipinski definition) is 2. The Morgan fingerprint density at radius 2 is 2.12 bits per heavy atom. The van der Waals surface area contributed by atoms with Crippen LogP contribution in [0.25, 0.3) is 0 Å². The zero-order chi connectivity index (χ0) is 18.8. The van der Waals surface area contributed by atoms with Crippen molar-refractivity contribution in [3.8, 4) is 0 Å². The Kier molecular flexibility index (Phi) is 6.06. The third-order valence-electron chi connectivity index (χ3n) is 4.83. The number of carbonyl (C=O) groups is 2. The summed E-state index contributed by atoms with van der Waals surface area (Å²) in [7, 11) is 0. The molecule has 0 spiro atoms. The lowest BCUT2D eigenvalue weighted by atomic mass is 9.72. The molecule has 5 nitrogen and oxygen atoms in total. The van der Waals surface area contributed by atoms with Gasteiger partial charge >= 0.3 is 5.97 Å². The molecule has 0 saturated carbocycles. The van der Waals surface area contributed by atoms with E-state index in [9.17, 15) is 24.2 Å². The first-order valence-electron chi connectivity index (χ1n) is 8.33. The number of amides is 1. The van der Waals surface area contributed by atoms with Gasteiger partial charge in [-0.1, -0.05) is 25.4 Å². The highest BCUT2D eigenvalue weighted by molar-refractivity contribution is 6.30. The number of aliphatic carboxylic acids is 1. The molecule has 0 aliphatic carbocycles. The number of halogens is 2. The number of carboxylic acid groups (broad SMARTS) is 1. The van der Waals surface area contributed by atoms with Crippen molar-refractivity contribution in [1.29, 1.82) is 0 Å². The van der Waals surface area contributed by atoms with E-state index in [2.05, 4.69) is 0 Å². The van der Waals surface area contributed by atoms with Crippen LogP contribution in [0.15, 0.2) is 18.2 Å². The summed E-state index contributed by atoms with van der Waals surface area (Å²) in [6, 6.07) is 3.76. The zero-order valence-corrected chi connectivity index (χ0v) is 15.1. The lowest BCUT2D eigenvalue weighted by Crippen LogP contribution is -2.57. The first-order chi connectivity index (χ1) is 11.7. The molecule has 1 aromatic carbocycles. The highest BCUT2D eigenvalue weighted by Gasteiger charge is 2.50. The molecule has 1 aliphatic heterocycles. The van der Waals surface area contributed by atoms with E-state index in [0.717, 1.165) is 6.07 Å². The minimum atomic E-state index is -1.43. The van der Waals surface area contributed by atoms with Crippen molar-refractivity contribution in [2.24, 2.45) is 11.3 Å². The number of nitrogens with zero attached hydrogens (tertiary/aromatic N) is 1. The van der Waals surface area contributed by atoms with Gasteiger partial charge in [-0.05, 0) is 43.4 Å². The van der Waals surface area contributed by atoms with Crippen LogP contribution < -0.4 is 0 Å². The first-order valence-corrected chi connectivity index (χ1v) is 8.71. The van der Waals surface area contributed by atoms with Crippen LogP contribution >= 0.6 is 11.6 Å². The van der Waals surface area contributed by atoms with Crippen molar-refractivity contribution in [3.05, 3.63) is 34.6 Å². The molecule has 2 atom stereocenters. The van der Waals surface area contributed by atoms with E-state index >= 15 is 0 Å². The fourth-order valence-corrected chi connectivity index (χ4v) is 3.35. The van der Waals surface area contributed by atoms with Crippen LogP contribution in [0.3, 0.4) is 0 Å². The number of aliphatic hydroxyl groups excluding tert-OH is 1. The standard InChI is InChI=1S/C18H23ClFNO4/c1-11(2)5-7-18(17(24)25)10-21(8-6-15(18)22)16(23)13-4-3-12(19)9-14(13)20/h3-4,9,11,15,22H,5-8,10H2,1-2H3,(H,24,25)/t15-,18+/m0/s1. The molecule has 0 radical (unpaired) electrons. The lowest BCUT2D eigenvalue weighted by molar-refractivity contribution is -0.163. The van der Waals surface area contributed by atoms with Gasteiger partial charge in [-0.15, -0.1) is 0 Å². The summed E-state index contributed by atoms with van der Waals surface area (Å²) in [5, 5.41) is 20.3. The summed E-state index contributed by atoms with van der Waals surface area (Å²) < 4.78 is 14.0. The predicted molar refractivity (Wildman–Crippen MR) is 92.1 cm³/mol. The van der Waals surface area contributed by atoms with E-state index in [1.807, 2.05) is 13.8 Å². The van der Waals surface area contributed by atoms with Crippen LogP contribution in [0.1, 0.15) is 43.5 Å². The van der Waals surface area contributed by atoms with Crippen molar-refractivity contribution in [1.82, 2.24) is 4.90 Å². The summed E-state index contributed by atoms with van der Waals surface area (Å²) in [5.74, 6) is -2.19. The van der Waals surface area contributed by atoms with Crippen molar-refractivity contribution in [3.63, 3.8) is 0 Å². The Morgan fingerprint density at radius 1 is 1.44 bits per heavy atom. The smallest absolute Gasteiger partial charge is 0.314 e. The Morgan fingerprint density at radius 3 is 2.68 bits per heavy atom. The average molecular weight is 372 g/mol. The average Bonchev–Trinajstić information content (AvgIpc) is 2.53. The Bertz CT molecular complexity index is 666. The Hall–Kier alpha value is -1.66. The molecule has 7 heteroatoms. The van der Waals surface area contributed by atoms with Gasteiger partial charge in [0.15, 0.2) is 0 Å². The number of carbonyl (C=O) groups excluding carboxylic acids is 1. The molecule has 25 heavy (non-hydrogen) atoms. The highest BCUT2D eigenvalue weighted by atomic mass is 35.5. The molecule has 138 valence electrons. The number of aliphatic hydroxyl groups is 1. The van der Waals surface area contributed by atoms with Crippen molar-refractivity contribution in [2.45, 2.75) is 39.2 Å². The molecular weight excluding hydrogens is 349 g/mol. The van der Waals surface area contributed by atoms with Gasteiger partial charge in [-0.2, -0.15) is 0 Å². The number of piperidine rings is 1. The van der Waals surface area contributed by atoms with Gasteiger partial charge in [-0.3, -0.25) is 9.59 Å². The zero-order valence-electron chi connectivity index (χ0n) is 14.3. The second kappa shape index (κ2) is 7.70. The van der Waals surface area contributed by atoms with Gasteiger partial charge < -0.3 is 15.1 Å². The number of benzene rings is 1. The predicted octanol–water partition coefficient (Wildman–Crippen LogP) is 3.19. The van der Waals surface area contributed by atoms with Crippen LogP contribution in [0.5, 0.6) is 0 Å². The molecule has 1 fully saturated rings. The second-order valence-corrected chi connectivity index (χ2v) is 7.49. The van der Waals surface area contributed by atoms with Gasteiger partial charge in [0, 0.05) is 18.1 Å². The Balaban J connectivity index is 2.28. The summed E-state index contributed by atoms with van der Waals surface area (Å²) >= 11 is 5.71. The van der Waals surface area contributed by atoms with Gasteiger partial charge in [-0.25, -0.2) is 4.39 Å².